The minimum atomic E-state index is 0.787. The second-order valence-corrected chi connectivity index (χ2v) is 10.6. The van der Waals surface area contributed by atoms with Crippen molar-refractivity contribution in [3.8, 4) is 22.3 Å². The van der Waals surface area contributed by atoms with Gasteiger partial charge in [0.2, 0.25) is 0 Å². The van der Waals surface area contributed by atoms with Gasteiger partial charge < -0.3 is 9.84 Å². The molecule has 7 rings (SSSR count). The van der Waals surface area contributed by atoms with Crippen molar-refractivity contribution in [1.82, 2.24) is 5.43 Å². The maximum absolute atomic E-state index is 5.79. The molecule has 0 radical (unpaired) electrons. The third-order valence-corrected chi connectivity index (χ3v) is 7.52. The van der Waals surface area contributed by atoms with Crippen molar-refractivity contribution in [1.29, 1.82) is 0 Å². The van der Waals surface area contributed by atoms with Gasteiger partial charge in [-0.25, -0.2) is 0 Å². The zero-order valence-corrected chi connectivity index (χ0v) is 24.2. The van der Waals surface area contributed by atoms with Crippen molar-refractivity contribution < 1.29 is 4.42 Å². The van der Waals surface area contributed by atoms with Gasteiger partial charge in [-0.2, -0.15) is 0 Å². The Hall–Kier alpha value is -5.38. The first-order valence-corrected chi connectivity index (χ1v) is 14.5. The van der Waals surface area contributed by atoms with Gasteiger partial charge >= 0.3 is 0 Å². The van der Waals surface area contributed by atoms with E-state index in [9.17, 15) is 0 Å². The normalized spacial score (nSPS) is 11.3. The average Bonchev–Trinajstić information content (AvgIpc) is 3.44. The summed E-state index contributed by atoms with van der Waals surface area (Å²) >= 11 is 0. The van der Waals surface area contributed by atoms with Crippen LogP contribution in [-0.2, 0) is 6.42 Å². The number of hydrogen-bond donors (Lipinski definition) is 2. The van der Waals surface area contributed by atoms with Crippen LogP contribution in [0.25, 0.3) is 49.9 Å². The number of aryl methyl sites for hydroxylation is 1. The first-order valence-electron chi connectivity index (χ1n) is 14.5. The van der Waals surface area contributed by atoms with E-state index in [0.717, 1.165) is 28.8 Å². The highest BCUT2D eigenvalue weighted by molar-refractivity contribution is 6.04. The standard InChI is InChI=1S/C27H24N2.C13H10O/c28-29-27(24-14-8-3-9-15-24)17-16-21-18-25(22-10-4-1-5-11-22)20-26(19-21)23-12-6-2-7-13-23;1-9-6-7-13-11(8-9)10-4-2-3-5-12(10)14-13/h1-15,17-20,29H,16,28H2;2-8H,1H3/b27-17-;. The van der Waals surface area contributed by atoms with E-state index in [1.165, 1.54) is 44.2 Å². The molecule has 3 N–H and O–H groups in total. The number of hydrazine groups is 1. The largest absolute Gasteiger partial charge is 0.456 e. The molecule has 1 aromatic heterocycles. The molecule has 3 nitrogen and oxygen atoms in total. The second kappa shape index (κ2) is 13.1. The molecule has 0 amide bonds. The Labute approximate surface area is 252 Å². The van der Waals surface area contributed by atoms with E-state index >= 15 is 0 Å². The second-order valence-electron chi connectivity index (χ2n) is 10.6. The Morgan fingerprint density at radius 2 is 1.14 bits per heavy atom. The highest BCUT2D eigenvalue weighted by atomic mass is 16.3. The van der Waals surface area contributed by atoms with Crippen molar-refractivity contribution >= 4 is 27.6 Å². The van der Waals surface area contributed by atoms with Crippen LogP contribution in [0.5, 0.6) is 0 Å². The molecule has 0 aliphatic heterocycles. The molecule has 0 aliphatic rings. The number of nitrogens with two attached hydrogens (primary N) is 1. The van der Waals surface area contributed by atoms with Gasteiger partial charge in [0, 0.05) is 10.8 Å². The minimum Gasteiger partial charge on any atom is -0.456 e. The van der Waals surface area contributed by atoms with E-state index in [1.54, 1.807) is 0 Å². The monoisotopic (exact) mass is 558 g/mol. The fraction of sp³-hybridized carbons (Fsp3) is 0.0500. The smallest absolute Gasteiger partial charge is 0.135 e. The predicted molar refractivity (Wildman–Crippen MR) is 181 cm³/mol. The number of allylic oxidation sites excluding steroid dienone is 1. The lowest BCUT2D eigenvalue weighted by Gasteiger charge is -2.11. The molecule has 210 valence electrons. The Balaban J connectivity index is 0.000000195. The van der Waals surface area contributed by atoms with Gasteiger partial charge in [-0.05, 0) is 71.0 Å². The Morgan fingerprint density at radius 1 is 0.581 bits per heavy atom. The number of hydrogen-bond acceptors (Lipinski definition) is 3. The zero-order valence-electron chi connectivity index (χ0n) is 24.2. The molecular weight excluding hydrogens is 524 g/mol. The highest BCUT2D eigenvalue weighted by Crippen LogP contribution is 2.30. The van der Waals surface area contributed by atoms with Crippen LogP contribution in [0.4, 0.5) is 0 Å². The molecule has 0 spiro atoms. The fourth-order valence-electron chi connectivity index (χ4n) is 5.34. The van der Waals surface area contributed by atoms with Crippen molar-refractivity contribution in [3.63, 3.8) is 0 Å². The molecule has 1 heterocycles. The summed E-state index contributed by atoms with van der Waals surface area (Å²) < 4.78 is 5.71. The lowest BCUT2D eigenvalue weighted by molar-refractivity contribution is 0.669. The molecular formula is C40H34N2O. The van der Waals surface area contributed by atoms with Crippen LogP contribution >= 0.6 is 0 Å². The van der Waals surface area contributed by atoms with Crippen LogP contribution < -0.4 is 11.3 Å². The summed E-state index contributed by atoms with van der Waals surface area (Å²) in [6, 6.07) is 52.4. The summed E-state index contributed by atoms with van der Waals surface area (Å²) in [4.78, 5) is 0. The first kappa shape index (κ1) is 27.8. The van der Waals surface area contributed by atoms with E-state index in [2.05, 4.69) is 115 Å². The molecule has 6 aromatic carbocycles. The molecule has 0 aliphatic carbocycles. The van der Waals surface area contributed by atoms with Crippen molar-refractivity contribution in [2.45, 2.75) is 13.3 Å². The van der Waals surface area contributed by atoms with Crippen molar-refractivity contribution in [3.05, 3.63) is 174 Å². The number of furan rings is 1. The minimum absolute atomic E-state index is 0.787. The Morgan fingerprint density at radius 3 is 1.77 bits per heavy atom. The zero-order chi connectivity index (χ0) is 29.4. The third-order valence-electron chi connectivity index (χ3n) is 7.52. The fourth-order valence-corrected chi connectivity index (χ4v) is 5.34. The van der Waals surface area contributed by atoms with Gasteiger partial charge in [0.25, 0.3) is 0 Å². The van der Waals surface area contributed by atoms with Crippen molar-refractivity contribution in [2.24, 2.45) is 5.84 Å². The number of benzene rings is 6. The maximum atomic E-state index is 5.79. The van der Waals surface area contributed by atoms with E-state index in [-0.39, 0.29) is 0 Å². The van der Waals surface area contributed by atoms with Crippen LogP contribution in [0.2, 0.25) is 0 Å². The molecule has 7 aromatic rings. The number of rotatable bonds is 6. The predicted octanol–water partition coefficient (Wildman–Crippen LogP) is 9.96. The van der Waals surface area contributed by atoms with E-state index in [1.807, 2.05) is 54.6 Å². The van der Waals surface area contributed by atoms with E-state index < -0.39 is 0 Å². The molecule has 0 saturated carbocycles. The lowest BCUT2D eigenvalue weighted by Crippen LogP contribution is -2.20. The van der Waals surface area contributed by atoms with Gasteiger partial charge in [0.05, 0.1) is 5.70 Å². The summed E-state index contributed by atoms with van der Waals surface area (Å²) in [5.74, 6) is 5.79. The molecule has 43 heavy (non-hydrogen) atoms. The highest BCUT2D eigenvalue weighted by Gasteiger charge is 2.07. The molecule has 0 atom stereocenters. The van der Waals surface area contributed by atoms with Crippen LogP contribution in [0.1, 0.15) is 16.7 Å². The van der Waals surface area contributed by atoms with E-state index in [0.29, 0.717) is 0 Å². The summed E-state index contributed by atoms with van der Waals surface area (Å²) in [7, 11) is 0. The SMILES string of the molecule is Cc1ccc2oc3ccccc3c2c1.NN/C(=C\Cc1cc(-c2ccccc2)cc(-c2ccccc2)c1)c1ccccc1. The van der Waals surface area contributed by atoms with Crippen LogP contribution in [0, 0.1) is 6.92 Å². The Bertz CT molecular complexity index is 1920. The summed E-state index contributed by atoms with van der Waals surface area (Å²) in [6.45, 7) is 2.10. The quantitative estimate of drug-likeness (QED) is 0.158. The van der Waals surface area contributed by atoms with Crippen LogP contribution in [0.15, 0.2) is 162 Å². The van der Waals surface area contributed by atoms with Gasteiger partial charge in [-0.3, -0.25) is 5.84 Å². The molecule has 0 unspecified atom stereocenters. The van der Waals surface area contributed by atoms with Gasteiger partial charge in [0.1, 0.15) is 11.2 Å². The number of nitrogens with one attached hydrogen (secondary N) is 1. The van der Waals surface area contributed by atoms with Crippen molar-refractivity contribution in [2.75, 3.05) is 0 Å². The van der Waals surface area contributed by atoms with E-state index in [4.69, 9.17) is 10.3 Å². The molecule has 3 heteroatoms. The molecule has 0 bridgehead atoms. The summed E-state index contributed by atoms with van der Waals surface area (Å²) in [5.41, 5.74) is 14.2. The van der Waals surface area contributed by atoms with Crippen LogP contribution in [0.3, 0.4) is 0 Å². The average molecular weight is 559 g/mol. The topological polar surface area (TPSA) is 51.2 Å². The van der Waals surface area contributed by atoms with Gasteiger partial charge in [-0.1, -0.05) is 139 Å². The van der Waals surface area contributed by atoms with Gasteiger partial charge in [-0.15, -0.1) is 0 Å². The first-order chi connectivity index (χ1) is 21.2. The third kappa shape index (κ3) is 6.59. The maximum Gasteiger partial charge on any atom is 0.135 e. The lowest BCUT2D eigenvalue weighted by atomic mass is 9.95. The molecule has 0 fully saturated rings. The summed E-state index contributed by atoms with van der Waals surface area (Å²) in [5, 5.41) is 2.41. The number of para-hydroxylation sites is 1. The number of fused-ring (bicyclic) bond motifs is 3. The Kier molecular flexibility index (Phi) is 8.44. The molecule has 0 saturated heterocycles. The van der Waals surface area contributed by atoms with Gasteiger partial charge in [0.15, 0.2) is 0 Å². The summed E-state index contributed by atoms with van der Waals surface area (Å²) in [6.07, 6.45) is 2.93. The van der Waals surface area contributed by atoms with Crippen LogP contribution in [-0.4, -0.2) is 0 Å².